The monoisotopic (exact) mass is 284 g/mol. The SMILES string of the molecule is CN(C1CCCC1)C(CN)c1cnn(-c2ccccc2)c1. The van der Waals surface area contributed by atoms with Crippen molar-refractivity contribution < 1.29 is 0 Å². The third kappa shape index (κ3) is 3.01. The van der Waals surface area contributed by atoms with E-state index in [-0.39, 0.29) is 6.04 Å². The van der Waals surface area contributed by atoms with Crippen LogP contribution in [-0.4, -0.2) is 34.3 Å². The Hall–Kier alpha value is -1.65. The third-order valence-corrected chi connectivity index (χ3v) is 4.62. The van der Waals surface area contributed by atoms with Gasteiger partial charge in [0.05, 0.1) is 17.9 Å². The molecule has 21 heavy (non-hydrogen) atoms. The highest BCUT2D eigenvalue weighted by molar-refractivity contribution is 5.31. The van der Waals surface area contributed by atoms with E-state index < -0.39 is 0 Å². The lowest BCUT2D eigenvalue weighted by Gasteiger charge is -2.31. The number of aromatic nitrogens is 2. The van der Waals surface area contributed by atoms with Crippen LogP contribution in [0.1, 0.15) is 37.3 Å². The summed E-state index contributed by atoms with van der Waals surface area (Å²) in [5.74, 6) is 0. The molecule has 2 N–H and O–H groups in total. The molecule has 4 heteroatoms. The molecule has 3 rings (SSSR count). The van der Waals surface area contributed by atoms with Crippen LogP contribution in [0.3, 0.4) is 0 Å². The highest BCUT2D eigenvalue weighted by atomic mass is 15.3. The minimum Gasteiger partial charge on any atom is -0.329 e. The Morgan fingerprint density at radius 2 is 2.00 bits per heavy atom. The van der Waals surface area contributed by atoms with E-state index in [0.717, 1.165) is 5.69 Å². The number of hydrogen-bond donors (Lipinski definition) is 1. The second-order valence-electron chi connectivity index (χ2n) is 5.91. The second kappa shape index (κ2) is 6.41. The van der Waals surface area contributed by atoms with Crippen molar-refractivity contribution in [2.75, 3.05) is 13.6 Å². The molecule has 1 atom stereocenters. The fourth-order valence-corrected chi connectivity index (χ4v) is 3.33. The number of nitrogens with zero attached hydrogens (tertiary/aromatic N) is 3. The fourth-order valence-electron chi connectivity index (χ4n) is 3.33. The van der Waals surface area contributed by atoms with Gasteiger partial charge in [0.25, 0.3) is 0 Å². The van der Waals surface area contributed by atoms with Gasteiger partial charge in [0.1, 0.15) is 0 Å². The summed E-state index contributed by atoms with van der Waals surface area (Å²) in [6.07, 6.45) is 9.33. The van der Waals surface area contributed by atoms with Crippen LogP contribution >= 0.6 is 0 Å². The van der Waals surface area contributed by atoms with Gasteiger partial charge in [-0.25, -0.2) is 4.68 Å². The molecule has 1 heterocycles. The van der Waals surface area contributed by atoms with Crippen molar-refractivity contribution in [2.24, 2.45) is 5.73 Å². The van der Waals surface area contributed by atoms with Gasteiger partial charge < -0.3 is 5.73 Å². The van der Waals surface area contributed by atoms with Gasteiger partial charge in [-0.1, -0.05) is 31.0 Å². The minimum absolute atomic E-state index is 0.255. The van der Waals surface area contributed by atoms with Crippen molar-refractivity contribution in [2.45, 2.75) is 37.8 Å². The van der Waals surface area contributed by atoms with Crippen molar-refractivity contribution in [3.63, 3.8) is 0 Å². The quantitative estimate of drug-likeness (QED) is 0.918. The maximum Gasteiger partial charge on any atom is 0.0645 e. The summed E-state index contributed by atoms with van der Waals surface area (Å²) < 4.78 is 1.93. The van der Waals surface area contributed by atoms with Crippen molar-refractivity contribution >= 4 is 0 Å². The maximum atomic E-state index is 6.04. The molecule has 1 aromatic carbocycles. The third-order valence-electron chi connectivity index (χ3n) is 4.62. The Labute approximate surface area is 126 Å². The molecule has 1 saturated carbocycles. The van der Waals surface area contributed by atoms with Crippen LogP contribution in [0.15, 0.2) is 42.7 Å². The van der Waals surface area contributed by atoms with E-state index in [0.29, 0.717) is 12.6 Å². The van der Waals surface area contributed by atoms with Crippen molar-refractivity contribution in [1.29, 1.82) is 0 Å². The summed E-state index contributed by atoms with van der Waals surface area (Å²) >= 11 is 0. The standard InChI is InChI=1S/C17H24N4/c1-20(15-7-5-6-8-15)17(11-18)14-12-19-21(13-14)16-9-3-2-4-10-16/h2-4,9-10,12-13,15,17H,5-8,11,18H2,1H3. The zero-order valence-corrected chi connectivity index (χ0v) is 12.7. The van der Waals surface area contributed by atoms with Gasteiger partial charge in [0, 0.05) is 24.3 Å². The first-order valence-corrected chi connectivity index (χ1v) is 7.81. The first-order chi connectivity index (χ1) is 10.3. The highest BCUT2D eigenvalue weighted by Gasteiger charge is 2.26. The van der Waals surface area contributed by atoms with Crippen molar-refractivity contribution in [1.82, 2.24) is 14.7 Å². The van der Waals surface area contributed by atoms with Gasteiger partial charge in [-0.2, -0.15) is 5.10 Å². The molecule has 0 radical (unpaired) electrons. The number of hydrogen-bond acceptors (Lipinski definition) is 3. The Kier molecular flexibility index (Phi) is 4.36. The first kappa shape index (κ1) is 14.3. The Balaban J connectivity index is 1.80. The zero-order chi connectivity index (χ0) is 14.7. The van der Waals surface area contributed by atoms with Crippen LogP contribution in [0, 0.1) is 0 Å². The molecular formula is C17H24N4. The van der Waals surface area contributed by atoms with Crippen molar-refractivity contribution in [3.8, 4) is 5.69 Å². The normalized spacial score (nSPS) is 17.5. The molecule has 1 aliphatic carbocycles. The largest absolute Gasteiger partial charge is 0.329 e. The Morgan fingerprint density at radius 3 is 2.67 bits per heavy atom. The van der Waals surface area contributed by atoms with E-state index in [2.05, 4.69) is 35.4 Å². The van der Waals surface area contributed by atoms with Crippen LogP contribution in [0.4, 0.5) is 0 Å². The number of likely N-dealkylation sites (N-methyl/N-ethyl adjacent to an activating group) is 1. The molecule has 0 bridgehead atoms. The maximum absolute atomic E-state index is 6.04. The summed E-state index contributed by atoms with van der Waals surface area (Å²) in [5.41, 5.74) is 8.33. The number of para-hydroxylation sites is 1. The number of nitrogens with two attached hydrogens (primary N) is 1. The summed E-state index contributed by atoms with van der Waals surface area (Å²) in [5, 5.41) is 4.50. The average molecular weight is 284 g/mol. The molecule has 1 fully saturated rings. The number of benzene rings is 1. The van der Waals surface area contributed by atoms with Gasteiger partial charge in [0.2, 0.25) is 0 Å². The van der Waals surface area contributed by atoms with Crippen LogP contribution in [0.25, 0.3) is 5.69 Å². The molecule has 1 aliphatic rings. The van der Waals surface area contributed by atoms with Crippen LogP contribution in [0.2, 0.25) is 0 Å². The number of rotatable bonds is 5. The molecule has 112 valence electrons. The molecular weight excluding hydrogens is 260 g/mol. The van der Waals surface area contributed by atoms with Crippen molar-refractivity contribution in [3.05, 3.63) is 48.3 Å². The Bertz CT molecular complexity index is 557. The molecule has 1 unspecified atom stereocenters. The molecule has 0 spiro atoms. The summed E-state index contributed by atoms with van der Waals surface area (Å²) in [6, 6.07) is 11.1. The molecule has 0 aliphatic heterocycles. The predicted octanol–water partition coefficient (Wildman–Crippen LogP) is 2.75. The Morgan fingerprint density at radius 1 is 1.29 bits per heavy atom. The molecule has 0 amide bonds. The van der Waals surface area contributed by atoms with E-state index >= 15 is 0 Å². The molecule has 4 nitrogen and oxygen atoms in total. The van der Waals surface area contributed by atoms with Gasteiger partial charge in [-0.05, 0) is 32.0 Å². The van der Waals surface area contributed by atoms with E-state index in [1.54, 1.807) is 0 Å². The lowest BCUT2D eigenvalue weighted by atomic mass is 10.1. The predicted molar refractivity (Wildman–Crippen MR) is 85.4 cm³/mol. The van der Waals surface area contributed by atoms with Gasteiger partial charge in [-0.15, -0.1) is 0 Å². The second-order valence-corrected chi connectivity index (χ2v) is 5.91. The van der Waals surface area contributed by atoms with E-state index in [1.165, 1.54) is 31.2 Å². The topological polar surface area (TPSA) is 47.1 Å². The van der Waals surface area contributed by atoms with Gasteiger partial charge in [-0.3, -0.25) is 4.90 Å². The summed E-state index contributed by atoms with van der Waals surface area (Å²) in [4.78, 5) is 2.44. The van der Waals surface area contributed by atoms with E-state index in [1.807, 2.05) is 29.1 Å². The fraction of sp³-hybridized carbons (Fsp3) is 0.471. The van der Waals surface area contributed by atoms with Crippen LogP contribution < -0.4 is 5.73 Å². The lowest BCUT2D eigenvalue weighted by molar-refractivity contribution is 0.179. The summed E-state index contributed by atoms with van der Waals surface area (Å²) in [6.45, 7) is 0.632. The summed E-state index contributed by atoms with van der Waals surface area (Å²) in [7, 11) is 2.20. The van der Waals surface area contributed by atoms with Gasteiger partial charge in [0.15, 0.2) is 0 Å². The smallest absolute Gasteiger partial charge is 0.0645 e. The minimum atomic E-state index is 0.255. The first-order valence-electron chi connectivity index (χ1n) is 7.81. The van der Waals surface area contributed by atoms with Crippen LogP contribution in [0.5, 0.6) is 0 Å². The van der Waals surface area contributed by atoms with Crippen LogP contribution in [-0.2, 0) is 0 Å². The molecule has 0 saturated heterocycles. The lowest BCUT2D eigenvalue weighted by Crippen LogP contribution is -2.37. The average Bonchev–Trinajstić information content (AvgIpc) is 3.21. The zero-order valence-electron chi connectivity index (χ0n) is 12.7. The molecule has 1 aromatic heterocycles. The van der Waals surface area contributed by atoms with E-state index in [9.17, 15) is 0 Å². The molecule has 2 aromatic rings. The van der Waals surface area contributed by atoms with Gasteiger partial charge >= 0.3 is 0 Å². The highest BCUT2D eigenvalue weighted by Crippen LogP contribution is 2.29. The van der Waals surface area contributed by atoms with E-state index in [4.69, 9.17) is 5.73 Å².